The van der Waals surface area contributed by atoms with E-state index in [1.165, 1.54) is 0 Å². The van der Waals surface area contributed by atoms with Crippen LogP contribution in [0.1, 0.15) is 26.2 Å². The SMILES string of the molecule is CC(=O)N1CCC2(CC1)C[C@@H](Nc1ccccc1)CO2. The predicted octanol–water partition coefficient (Wildman–Crippen LogP) is 2.27. The molecule has 2 aliphatic rings. The van der Waals surface area contributed by atoms with Crippen LogP contribution < -0.4 is 5.32 Å². The summed E-state index contributed by atoms with van der Waals surface area (Å²) in [5.41, 5.74) is 1.14. The van der Waals surface area contributed by atoms with Gasteiger partial charge in [-0.3, -0.25) is 4.79 Å². The molecule has 1 spiro atoms. The summed E-state index contributed by atoms with van der Waals surface area (Å²) >= 11 is 0. The summed E-state index contributed by atoms with van der Waals surface area (Å²) in [6, 6.07) is 10.7. The fraction of sp³-hybridized carbons (Fsp3) is 0.562. The fourth-order valence-electron chi connectivity index (χ4n) is 3.28. The third kappa shape index (κ3) is 2.80. The molecule has 1 atom stereocenters. The molecule has 0 radical (unpaired) electrons. The van der Waals surface area contributed by atoms with Crippen LogP contribution in [0.2, 0.25) is 0 Å². The van der Waals surface area contributed by atoms with E-state index in [1.807, 2.05) is 23.1 Å². The zero-order valence-corrected chi connectivity index (χ0v) is 12.0. The Morgan fingerprint density at radius 1 is 1.30 bits per heavy atom. The largest absolute Gasteiger partial charge is 0.380 e. The number of anilines is 1. The van der Waals surface area contributed by atoms with E-state index in [9.17, 15) is 4.79 Å². The summed E-state index contributed by atoms with van der Waals surface area (Å²) in [5.74, 6) is 0.178. The van der Waals surface area contributed by atoms with Crippen LogP contribution in [0.25, 0.3) is 0 Å². The molecule has 4 heteroatoms. The minimum Gasteiger partial charge on any atom is -0.380 e. The Hall–Kier alpha value is -1.55. The van der Waals surface area contributed by atoms with E-state index in [4.69, 9.17) is 4.74 Å². The molecule has 4 nitrogen and oxygen atoms in total. The van der Waals surface area contributed by atoms with Gasteiger partial charge < -0.3 is 15.0 Å². The molecule has 0 aliphatic carbocycles. The zero-order valence-electron chi connectivity index (χ0n) is 12.0. The van der Waals surface area contributed by atoms with Gasteiger partial charge in [0.15, 0.2) is 0 Å². The van der Waals surface area contributed by atoms with Gasteiger partial charge in [-0.25, -0.2) is 0 Å². The lowest BCUT2D eigenvalue weighted by Gasteiger charge is -2.38. The minimum absolute atomic E-state index is 0.0155. The van der Waals surface area contributed by atoms with Crippen LogP contribution in [0.15, 0.2) is 30.3 Å². The van der Waals surface area contributed by atoms with E-state index in [1.54, 1.807) is 6.92 Å². The van der Waals surface area contributed by atoms with Crippen molar-refractivity contribution in [3.8, 4) is 0 Å². The van der Waals surface area contributed by atoms with Gasteiger partial charge in [0, 0.05) is 25.7 Å². The van der Waals surface area contributed by atoms with E-state index in [2.05, 4.69) is 17.4 Å². The quantitative estimate of drug-likeness (QED) is 0.899. The lowest BCUT2D eigenvalue weighted by Crippen LogP contribution is -2.46. The average molecular weight is 274 g/mol. The number of amides is 1. The van der Waals surface area contributed by atoms with Crippen LogP contribution in [-0.4, -0.2) is 42.1 Å². The maximum Gasteiger partial charge on any atom is 0.219 e. The fourth-order valence-corrected chi connectivity index (χ4v) is 3.28. The third-order valence-corrected chi connectivity index (χ3v) is 4.47. The number of likely N-dealkylation sites (tertiary alicyclic amines) is 1. The molecule has 1 N–H and O–H groups in total. The highest BCUT2D eigenvalue weighted by Gasteiger charge is 2.43. The first-order chi connectivity index (χ1) is 9.67. The van der Waals surface area contributed by atoms with Crippen molar-refractivity contribution < 1.29 is 9.53 Å². The van der Waals surface area contributed by atoms with Gasteiger partial charge in [0.05, 0.1) is 18.2 Å². The van der Waals surface area contributed by atoms with E-state index in [-0.39, 0.29) is 11.5 Å². The van der Waals surface area contributed by atoms with Crippen molar-refractivity contribution in [2.24, 2.45) is 0 Å². The van der Waals surface area contributed by atoms with Gasteiger partial charge >= 0.3 is 0 Å². The number of hydrogen-bond acceptors (Lipinski definition) is 3. The number of ether oxygens (including phenoxy) is 1. The molecule has 2 fully saturated rings. The van der Waals surface area contributed by atoms with Gasteiger partial charge in [0.2, 0.25) is 5.91 Å². The average Bonchev–Trinajstić information content (AvgIpc) is 2.83. The molecule has 1 aromatic rings. The molecule has 3 rings (SSSR count). The van der Waals surface area contributed by atoms with Crippen molar-refractivity contribution in [1.29, 1.82) is 0 Å². The maximum atomic E-state index is 11.4. The maximum absolute atomic E-state index is 11.4. The van der Waals surface area contributed by atoms with Gasteiger partial charge in [-0.05, 0) is 31.4 Å². The van der Waals surface area contributed by atoms with Crippen LogP contribution in [0.4, 0.5) is 5.69 Å². The first kappa shape index (κ1) is 13.4. The summed E-state index contributed by atoms with van der Waals surface area (Å²) in [6.07, 6.45) is 2.95. The highest BCUT2D eigenvalue weighted by atomic mass is 16.5. The molecule has 0 saturated carbocycles. The Morgan fingerprint density at radius 3 is 2.65 bits per heavy atom. The summed E-state index contributed by atoms with van der Waals surface area (Å²) < 4.78 is 6.09. The molecule has 0 aromatic heterocycles. The molecule has 0 unspecified atom stereocenters. The normalized spacial score (nSPS) is 24.9. The van der Waals surface area contributed by atoms with Gasteiger partial charge in [-0.2, -0.15) is 0 Å². The molecular weight excluding hydrogens is 252 g/mol. The monoisotopic (exact) mass is 274 g/mol. The third-order valence-electron chi connectivity index (χ3n) is 4.47. The Balaban J connectivity index is 1.56. The van der Waals surface area contributed by atoms with Crippen molar-refractivity contribution in [1.82, 2.24) is 4.90 Å². The lowest BCUT2D eigenvalue weighted by atomic mass is 9.87. The number of carbonyl (C=O) groups excluding carboxylic acids is 1. The topological polar surface area (TPSA) is 41.6 Å². The number of nitrogens with zero attached hydrogens (tertiary/aromatic N) is 1. The molecule has 0 bridgehead atoms. The van der Waals surface area contributed by atoms with Crippen molar-refractivity contribution in [2.75, 3.05) is 25.0 Å². The first-order valence-electron chi connectivity index (χ1n) is 7.38. The molecule has 20 heavy (non-hydrogen) atoms. The van der Waals surface area contributed by atoms with Crippen LogP contribution >= 0.6 is 0 Å². The summed E-state index contributed by atoms with van der Waals surface area (Å²) in [5, 5.41) is 3.54. The number of para-hydroxylation sites is 1. The summed E-state index contributed by atoms with van der Waals surface area (Å²) in [7, 11) is 0. The van der Waals surface area contributed by atoms with E-state index in [0.29, 0.717) is 6.04 Å². The highest BCUT2D eigenvalue weighted by molar-refractivity contribution is 5.73. The number of piperidine rings is 1. The van der Waals surface area contributed by atoms with E-state index >= 15 is 0 Å². The van der Waals surface area contributed by atoms with Gasteiger partial charge in [-0.15, -0.1) is 0 Å². The van der Waals surface area contributed by atoms with E-state index < -0.39 is 0 Å². The molecule has 108 valence electrons. The number of benzene rings is 1. The second-order valence-corrected chi connectivity index (χ2v) is 5.91. The Bertz CT molecular complexity index is 467. The Labute approximate surface area is 120 Å². The van der Waals surface area contributed by atoms with Gasteiger partial charge in [0.1, 0.15) is 0 Å². The van der Waals surface area contributed by atoms with Crippen LogP contribution in [0.3, 0.4) is 0 Å². The van der Waals surface area contributed by atoms with Crippen molar-refractivity contribution in [2.45, 2.75) is 37.8 Å². The lowest BCUT2D eigenvalue weighted by molar-refractivity contribution is -0.133. The Kier molecular flexibility index (Phi) is 3.66. The zero-order chi connectivity index (χ0) is 14.0. The molecular formula is C16H22N2O2. The summed E-state index contributed by atoms with van der Waals surface area (Å²) in [4.78, 5) is 13.3. The second kappa shape index (κ2) is 5.44. The summed E-state index contributed by atoms with van der Waals surface area (Å²) in [6.45, 7) is 4.06. The molecule has 2 saturated heterocycles. The van der Waals surface area contributed by atoms with Crippen LogP contribution in [0.5, 0.6) is 0 Å². The highest BCUT2D eigenvalue weighted by Crippen LogP contribution is 2.36. The first-order valence-corrected chi connectivity index (χ1v) is 7.38. The van der Waals surface area contributed by atoms with Crippen molar-refractivity contribution in [3.63, 3.8) is 0 Å². The van der Waals surface area contributed by atoms with E-state index in [0.717, 1.165) is 44.6 Å². The number of hydrogen-bond donors (Lipinski definition) is 1. The minimum atomic E-state index is -0.0155. The second-order valence-electron chi connectivity index (χ2n) is 5.91. The number of rotatable bonds is 2. The molecule has 1 amide bonds. The van der Waals surface area contributed by atoms with Crippen LogP contribution in [-0.2, 0) is 9.53 Å². The standard InChI is InChI=1S/C16H22N2O2/c1-13(19)18-9-7-16(8-10-18)11-15(12-20-16)17-14-5-3-2-4-6-14/h2-6,15,17H,7-12H2,1H3/t15-/m1/s1. The van der Waals surface area contributed by atoms with Crippen molar-refractivity contribution >= 4 is 11.6 Å². The number of nitrogens with one attached hydrogen (secondary N) is 1. The van der Waals surface area contributed by atoms with Gasteiger partial charge in [0.25, 0.3) is 0 Å². The molecule has 2 aliphatic heterocycles. The van der Waals surface area contributed by atoms with Crippen LogP contribution in [0, 0.1) is 0 Å². The number of carbonyl (C=O) groups is 1. The molecule has 2 heterocycles. The predicted molar refractivity (Wildman–Crippen MR) is 78.6 cm³/mol. The molecule has 1 aromatic carbocycles. The van der Waals surface area contributed by atoms with Gasteiger partial charge in [-0.1, -0.05) is 18.2 Å². The van der Waals surface area contributed by atoms with Crippen molar-refractivity contribution in [3.05, 3.63) is 30.3 Å². The smallest absolute Gasteiger partial charge is 0.219 e. The Morgan fingerprint density at radius 2 is 2.00 bits per heavy atom.